The predicted octanol–water partition coefficient (Wildman–Crippen LogP) is 4.71. The van der Waals surface area contributed by atoms with Crippen LogP contribution < -0.4 is 9.47 Å². The molecule has 31 heavy (non-hydrogen) atoms. The molecular formula is C25H29NO5. The van der Waals surface area contributed by atoms with E-state index in [4.69, 9.17) is 9.47 Å². The molecule has 164 valence electrons. The fourth-order valence-electron chi connectivity index (χ4n) is 3.76. The highest BCUT2D eigenvalue weighted by atomic mass is 16.5. The Kier molecular flexibility index (Phi) is 7.34. The molecule has 1 heterocycles. The van der Waals surface area contributed by atoms with Crippen LogP contribution in [0, 0.1) is 0 Å². The van der Waals surface area contributed by atoms with Gasteiger partial charge >= 0.3 is 0 Å². The molecule has 1 fully saturated rings. The molecule has 0 bridgehead atoms. The average Bonchev–Trinajstić information content (AvgIpc) is 3.04. The molecule has 2 aromatic rings. The number of hydrogen-bond acceptors (Lipinski definition) is 5. The highest BCUT2D eigenvalue weighted by Gasteiger charge is 2.45. The normalized spacial score (nSPS) is 17.8. The molecule has 0 spiro atoms. The lowest BCUT2D eigenvalue weighted by atomic mass is 9.95. The number of likely N-dealkylation sites (tertiary alicyclic amines) is 1. The van der Waals surface area contributed by atoms with Crippen molar-refractivity contribution < 1.29 is 24.2 Å². The molecular weight excluding hydrogens is 394 g/mol. The maximum atomic E-state index is 13.0. The standard InChI is InChI=1S/C25H29NO5/c1-4-6-16-31-18-13-11-17(12-14-18)22-21(24(28)25(29)26(22)15-5-2)23(27)19-9-7-8-10-20(19)30-3/h7-14,22,27H,4-6,15-16H2,1-3H3/b23-21-. The zero-order valence-corrected chi connectivity index (χ0v) is 18.3. The molecule has 1 aliphatic rings. The van der Waals surface area contributed by atoms with E-state index in [0.29, 0.717) is 30.9 Å². The Morgan fingerprint density at radius 2 is 1.74 bits per heavy atom. The van der Waals surface area contributed by atoms with E-state index in [2.05, 4.69) is 6.92 Å². The third-order valence-corrected chi connectivity index (χ3v) is 5.33. The third kappa shape index (κ3) is 4.58. The van der Waals surface area contributed by atoms with Crippen LogP contribution in [0.3, 0.4) is 0 Å². The summed E-state index contributed by atoms with van der Waals surface area (Å²) in [6.07, 6.45) is 2.71. The fourth-order valence-corrected chi connectivity index (χ4v) is 3.76. The number of Topliss-reactive ketones (excluding diaryl/α,β-unsaturated/α-hetero) is 1. The maximum Gasteiger partial charge on any atom is 0.295 e. The number of unbranched alkanes of at least 4 members (excludes halogenated alkanes) is 1. The zero-order valence-electron chi connectivity index (χ0n) is 18.3. The van der Waals surface area contributed by atoms with Gasteiger partial charge in [-0.05, 0) is 42.7 Å². The zero-order chi connectivity index (χ0) is 22.4. The van der Waals surface area contributed by atoms with Gasteiger partial charge in [-0.25, -0.2) is 0 Å². The van der Waals surface area contributed by atoms with Crippen molar-refractivity contribution in [2.75, 3.05) is 20.3 Å². The topological polar surface area (TPSA) is 76.1 Å². The Morgan fingerprint density at radius 3 is 2.39 bits per heavy atom. The number of nitrogens with zero attached hydrogens (tertiary/aromatic N) is 1. The van der Waals surface area contributed by atoms with Gasteiger partial charge in [0, 0.05) is 6.54 Å². The molecule has 0 aliphatic carbocycles. The van der Waals surface area contributed by atoms with Crippen LogP contribution in [0.1, 0.15) is 50.3 Å². The predicted molar refractivity (Wildman–Crippen MR) is 119 cm³/mol. The van der Waals surface area contributed by atoms with Gasteiger partial charge in [-0.2, -0.15) is 0 Å². The lowest BCUT2D eigenvalue weighted by Crippen LogP contribution is -2.30. The molecule has 1 aliphatic heterocycles. The number of ether oxygens (including phenoxy) is 2. The summed E-state index contributed by atoms with van der Waals surface area (Å²) in [6.45, 7) is 5.09. The summed E-state index contributed by atoms with van der Waals surface area (Å²) < 4.78 is 11.1. The molecule has 1 N–H and O–H groups in total. The second kappa shape index (κ2) is 10.2. The number of carbonyl (C=O) groups is 2. The van der Waals surface area contributed by atoms with Crippen molar-refractivity contribution in [2.24, 2.45) is 0 Å². The van der Waals surface area contributed by atoms with Gasteiger partial charge in [0.15, 0.2) is 0 Å². The summed E-state index contributed by atoms with van der Waals surface area (Å²) in [7, 11) is 1.50. The first-order chi connectivity index (χ1) is 15.0. The van der Waals surface area contributed by atoms with Gasteiger partial charge < -0.3 is 19.5 Å². The first-order valence-electron chi connectivity index (χ1n) is 10.7. The molecule has 1 amide bonds. The molecule has 2 aromatic carbocycles. The van der Waals surface area contributed by atoms with E-state index in [0.717, 1.165) is 24.2 Å². The van der Waals surface area contributed by atoms with E-state index in [1.165, 1.54) is 12.0 Å². The number of amides is 1. The van der Waals surface area contributed by atoms with E-state index < -0.39 is 17.7 Å². The lowest BCUT2D eigenvalue weighted by Gasteiger charge is -2.25. The van der Waals surface area contributed by atoms with Crippen LogP contribution in [0.5, 0.6) is 11.5 Å². The van der Waals surface area contributed by atoms with Gasteiger partial charge in [-0.1, -0.05) is 44.5 Å². The molecule has 1 saturated heterocycles. The van der Waals surface area contributed by atoms with Crippen molar-refractivity contribution in [3.8, 4) is 11.5 Å². The number of para-hydroxylation sites is 1. The van der Waals surface area contributed by atoms with E-state index in [1.54, 1.807) is 24.3 Å². The summed E-state index contributed by atoms with van der Waals surface area (Å²) in [5.74, 6) is -0.367. The van der Waals surface area contributed by atoms with Crippen LogP contribution in [0.4, 0.5) is 0 Å². The highest BCUT2D eigenvalue weighted by molar-refractivity contribution is 6.46. The van der Waals surface area contributed by atoms with Gasteiger partial charge in [0.1, 0.15) is 17.3 Å². The Hall–Kier alpha value is -3.28. The Balaban J connectivity index is 2.06. The first-order valence-corrected chi connectivity index (χ1v) is 10.7. The molecule has 6 heteroatoms. The molecule has 3 rings (SSSR count). The highest BCUT2D eigenvalue weighted by Crippen LogP contribution is 2.41. The van der Waals surface area contributed by atoms with Crippen LogP contribution in [0.2, 0.25) is 0 Å². The van der Waals surface area contributed by atoms with Gasteiger partial charge in [0.2, 0.25) is 0 Å². The van der Waals surface area contributed by atoms with E-state index in [1.807, 2.05) is 31.2 Å². The second-order valence-corrected chi connectivity index (χ2v) is 7.46. The van der Waals surface area contributed by atoms with Crippen LogP contribution in [-0.2, 0) is 9.59 Å². The SMILES string of the molecule is CCCCOc1ccc(C2/C(=C(/O)c3ccccc3OC)C(=O)C(=O)N2CCC)cc1. The second-order valence-electron chi connectivity index (χ2n) is 7.46. The van der Waals surface area contributed by atoms with Gasteiger partial charge in [0.05, 0.1) is 30.9 Å². The van der Waals surface area contributed by atoms with Crippen molar-refractivity contribution in [2.45, 2.75) is 39.2 Å². The van der Waals surface area contributed by atoms with Crippen LogP contribution in [0.25, 0.3) is 5.76 Å². The molecule has 6 nitrogen and oxygen atoms in total. The number of aliphatic hydroxyl groups excluding tert-OH is 1. The van der Waals surface area contributed by atoms with E-state index in [9.17, 15) is 14.7 Å². The van der Waals surface area contributed by atoms with Crippen molar-refractivity contribution >= 4 is 17.4 Å². The number of hydrogen-bond donors (Lipinski definition) is 1. The number of aliphatic hydroxyl groups is 1. The average molecular weight is 424 g/mol. The number of benzene rings is 2. The van der Waals surface area contributed by atoms with Crippen LogP contribution in [0.15, 0.2) is 54.1 Å². The quantitative estimate of drug-likeness (QED) is 0.274. The minimum atomic E-state index is -0.690. The summed E-state index contributed by atoms with van der Waals surface area (Å²) in [4.78, 5) is 27.3. The Morgan fingerprint density at radius 1 is 1.03 bits per heavy atom. The Labute approximate surface area is 183 Å². The van der Waals surface area contributed by atoms with Crippen molar-refractivity contribution in [1.29, 1.82) is 0 Å². The number of ketones is 1. The smallest absolute Gasteiger partial charge is 0.295 e. The van der Waals surface area contributed by atoms with Crippen molar-refractivity contribution in [1.82, 2.24) is 4.90 Å². The monoisotopic (exact) mass is 423 g/mol. The minimum absolute atomic E-state index is 0.0719. The van der Waals surface area contributed by atoms with E-state index in [-0.39, 0.29) is 11.3 Å². The van der Waals surface area contributed by atoms with Crippen molar-refractivity contribution in [3.05, 3.63) is 65.2 Å². The van der Waals surface area contributed by atoms with Crippen LogP contribution in [-0.4, -0.2) is 42.0 Å². The third-order valence-electron chi connectivity index (χ3n) is 5.33. The summed E-state index contributed by atoms with van der Waals surface area (Å²) in [5, 5.41) is 11.1. The summed E-state index contributed by atoms with van der Waals surface area (Å²) >= 11 is 0. The van der Waals surface area contributed by atoms with Crippen LogP contribution >= 0.6 is 0 Å². The summed E-state index contributed by atoms with van der Waals surface area (Å²) in [5.41, 5.74) is 1.19. The molecule has 0 aromatic heterocycles. The molecule has 1 atom stereocenters. The minimum Gasteiger partial charge on any atom is -0.507 e. The first kappa shape index (κ1) is 22.4. The van der Waals surface area contributed by atoms with Gasteiger partial charge in [-0.15, -0.1) is 0 Å². The lowest BCUT2D eigenvalue weighted by molar-refractivity contribution is -0.139. The number of rotatable bonds is 9. The van der Waals surface area contributed by atoms with Gasteiger partial charge in [0.25, 0.3) is 11.7 Å². The Bertz CT molecular complexity index is 964. The number of carbonyl (C=O) groups excluding carboxylic acids is 2. The number of methoxy groups -OCH3 is 1. The maximum absolute atomic E-state index is 13.0. The van der Waals surface area contributed by atoms with Gasteiger partial charge in [-0.3, -0.25) is 9.59 Å². The summed E-state index contributed by atoms with van der Waals surface area (Å²) in [6, 6.07) is 13.6. The molecule has 0 radical (unpaired) electrons. The molecule has 1 unspecified atom stereocenters. The van der Waals surface area contributed by atoms with E-state index >= 15 is 0 Å². The molecule has 0 saturated carbocycles. The largest absolute Gasteiger partial charge is 0.507 e. The van der Waals surface area contributed by atoms with Crippen molar-refractivity contribution in [3.63, 3.8) is 0 Å². The fraction of sp³-hybridized carbons (Fsp3) is 0.360.